The molecular formula is C76H68N2. The number of aryl methyl sites for hydroxylation is 2. The fourth-order valence-electron chi connectivity index (χ4n) is 16.4. The van der Waals surface area contributed by atoms with Crippen molar-refractivity contribution in [2.45, 2.75) is 115 Å². The van der Waals surface area contributed by atoms with Crippen LogP contribution in [0.5, 0.6) is 0 Å². The normalized spacial score (nSPS) is 22.5. The third-order valence-electron chi connectivity index (χ3n) is 20.8. The maximum Gasteiger partial charge on any atom is 0.0517 e. The molecule has 0 bridgehead atoms. The summed E-state index contributed by atoms with van der Waals surface area (Å²) in [7, 11) is 0. The van der Waals surface area contributed by atoms with Crippen molar-refractivity contribution in [1.29, 1.82) is 0 Å². The number of hydrogen-bond donors (Lipinski definition) is 0. The van der Waals surface area contributed by atoms with Crippen molar-refractivity contribution in [3.8, 4) is 44.5 Å². The Hall–Kier alpha value is -7.94. The fourth-order valence-corrected chi connectivity index (χ4v) is 16.4. The smallest absolute Gasteiger partial charge is 0.0517 e. The number of nitrogens with zero attached hydrogens (tertiary/aromatic N) is 2. The van der Waals surface area contributed by atoms with Gasteiger partial charge in [-0.15, -0.1) is 0 Å². The molecule has 2 nitrogen and oxygen atoms in total. The molecule has 78 heavy (non-hydrogen) atoms. The minimum absolute atomic E-state index is 0.00548. The van der Waals surface area contributed by atoms with Crippen LogP contribution in [0.25, 0.3) is 87.6 Å². The Labute approximate surface area is 461 Å². The van der Waals surface area contributed by atoms with E-state index in [0.717, 1.165) is 0 Å². The van der Waals surface area contributed by atoms with Crippen LogP contribution in [0.2, 0.25) is 0 Å². The van der Waals surface area contributed by atoms with E-state index in [2.05, 4.69) is 258 Å². The molecule has 2 aliphatic heterocycles. The van der Waals surface area contributed by atoms with Gasteiger partial charge >= 0.3 is 0 Å². The second-order valence-corrected chi connectivity index (χ2v) is 24.7. The quantitative estimate of drug-likeness (QED) is 0.153. The minimum Gasteiger partial charge on any atom is -0.334 e. The minimum atomic E-state index is -0.0225. The van der Waals surface area contributed by atoms with Gasteiger partial charge in [0.15, 0.2) is 0 Å². The van der Waals surface area contributed by atoms with Crippen molar-refractivity contribution in [1.82, 2.24) is 0 Å². The first-order chi connectivity index (χ1) is 38.0. The largest absolute Gasteiger partial charge is 0.334 e. The van der Waals surface area contributed by atoms with E-state index in [0.29, 0.717) is 0 Å². The summed E-state index contributed by atoms with van der Waals surface area (Å²) in [6.45, 7) is 14.9. The number of rotatable bonds is 6. The van der Waals surface area contributed by atoms with Gasteiger partial charge in [0.2, 0.25) is 0 Å². The van der Waals surface area contributed by atoms with Gasteiger partial charge in [0, 0.05) is 33.6 Å². The molecule has 15 rings (SSSR count). The lowest BCUT2D eigenvalue weighted by molar-refractivity contribution is 0.195. The Balaban J connectivity index is 1.01. The molecule has 2 saturated carbocycles. The Kier molecular flexibility index (Phi) is 10.5. The van der Waals surface area contributed by atoms with Crippen molar-refractivity contribution in [3.05, 3.63) is 229 Å². The fraction of sp³-hybridized carbons (Fsp3) is 0.237. The molecule has 382 valence electrons. The van der Waals surface area contributed by atoms with Crippen LogP contribution in [0.15, 0.2) is 206 Å². The van der Waals surface area contributed by atoms with E-state index in [4.69, 9.17) is 0 Å². The lowest BCUT2D eigenvalue weighted by Crippen LogP contribution is -2.54. The lowest BCUT2D eigenvalue weighted by atomic mass is 9.61. The summed E-state index contributed by atoms with van der Waals surface area (Å²) in [4.78, 5) is 5.43. The number of hydrogen-bond acceptors (Lipinski definition) is 2. The van der Waals surface area contributed by atoms with Crippen molar-refractivity contribution in [2.75, 3.05) is 9.80 Å². The van der Waals surface area contributed by atoms with Crippen molar-refractivity contribution < 1.29 is 0 Å². The maximum absolute atomic E-state index is 2.71. The first-order valence-electron chi connectivity index (χ1n) is 29.0. The van der Waals surface area contributed by atoms with Gasteiger partial charge in [-0.1, -0.05) is 185 Å². The van der Waals surface area contributed by atoms with E-state index < -0.39 is 0 Å². The molecule has 0 radical (unpaired) electrons. The standard InChI is InChI=1S/C76H68N2/c1-49-43-69-67(73(3)39-17-19-41-75(73,5)77(69)55-27-9-7-10-28-55)47-63(49)53-35-37-61-65(45-53)71(59-33-21-25-51-23-13-15-31-57(51)59)62-38-36-54(46-66(62)72(61)60-34-22-26-52-24-14-16-32-58(52)60)64-48-68-70(44-50(64)2)78(56-29-11-8-12-30-56)76(6)42-20-18-40-74(68,76)4/h7-16,21-38,43-48H,17-20,39-42H2,1-6H3. The Morgan fingerprint density at radius 1 is 0.321 bits per heavy atom. The number of para-hydroxylation sites is 2. The van der Waals surface area contributed by atoms with Crippen LogP contribution in [-0.4, -0.2) is 11.1 Å². The van der Waals surface area contributed by atoms with Gasteiger partial charge in [-0.05, 0) is 224 Å². The molecule has 2 heterocycles. The third kappa shape index (κ3) is 6.56. The van der Waals surface area contributed by atoms with E-state index in [1.807, 2.05) is 0 Å². The van der Waals surface area contributed by atoms with Gasteiger partial charge in [0.25, 0.3) is 0 Å². The van der Waals surface area contributed by atoms with Crippen LogP contribution in [0.3, 0.4) is 0 Å². The average Bonchev–Trinajstić information content (AvgIpc) is 3.66. The van der Waals surface area contributed by atoms with Gasteiger partial charge in [0.1, 0.15) is 0 Å². The molecule has 4 aliphatic rings. The second kappa shape index (κ2) is 17.3. The number of fused-ring (bicyclic) bond motifs is 10. The zero-order valence-electron chi connectivity index (χ0n) is 46.2. The summed E-state index contributed by atoms with van der Waals surface area (Å²) < 4.78 is 0. The van der Waals surface area contributed by atoms with Gasteiger partial charge in [0.05, 0.1) is 11.1 Å². The van der Waals surface area contributed by atoms with Crippen LogP contribution in [0, 0.1) is 13.8 Å². The summed E-state index contributed by atoms with van der Waals surface area (Å²) in [5.74, 6) is 0. The second-order valence-electron chi connectivity index (χ2n) is 24.7. The molecule has 2 heteroatoms. The summed E-state index contributed by atoms with van der Waals surface area (Å²) in [5.41, 5.74) is 21.2. The van der Waals surface area contributed by atoms with Crippen LogP contribution in [0.1, 0.15) is 101 Å². The van der Waals surface area contributed by atoms with Gasteiger partial charge in [-0.3, -0.25) is 0 Å². The Morgan fingerprint density at radius 2 is 0.705 bits per heavy atom. The van der Waals surface area contributed by atoms with E-state index in [1.165, 1.54) is 184 Å². The lowest BCUT2D eigenvalue weighted by Gasteiger charge is -2.50. The topological polar surface area (TPSA) is 6.48 Å². The Morgan fingerprint density at radius 3 is 1.14 bits per heavy atom. The zero-order valence-corrected chi connectivity index (χ0v) is 46.2. The van der Waals surface area contributed by atoms with E-state index in [1.54, 1.807) is 0 Å². The first kappa shape index (κ1) is 47.3. The van der Waals surface area contributed by atoms with E-state index >= 15 is 0 Å². The molecule has 0 saturated heterocycles. The third-order valence-corrected chi connectivity index (χ3v) is 20.8. The highest BCUT2D eigenvalue weighted by Gasteiger charge is 2.59. The van der Waals surface area contributed by atoms with Crippen molar-refractivity contribution in [3.63, 3.8) is 0 Å². The molecular weight excluding hydrogens is 941 g/mol. The summed E-state index contributed by atoms with van der Waals surface area (Å²) in [6.07, 6.45) is 9.74. The predicted octanol–water partition coefficient (Wildman–Crippen LogP) is 21.1. The maximum atomic E-state index is 2.71. The highest BCUT2D eigenvalue weighted by Crippen LogP contribution is 2.64. The number of benzene rings is 11. The highest BCUT2D eigenvalue weighted by molar-refractivity contribution is 6.26. The van der Waals surface area contributed by atoms with Crippen molar-refractivity contribution in [2.24, 2.45) is 0 Å². The molecule has 11 aromatic rings. The van der Waals surface area contributed by atoms with Gasteiger partial charge in [-0.2, -0.15) is 0 Å². The van der Waals surface area contributed by atoms with Crippen LogP contribution in [-0.2, 0) is 10.8 Å². The van der Waals surface area contributed by atoms with Crippen LogP contribution >= 0.6 is 0 Å². The molecule has 0 amide bonds. The van der Waals surface area contributed by atoms with Crippen LogP contribution < -0.4 is 9.80 Å². The molecule has 0 N–H and O–H groups in total. The molecule has 4 atom stereocenters. The zero-order chi connectivity index (χ0) is 52.7. The van der Waals surface area contributed by atoms with Crippen LogP contribution in [0.4, 0.5) is 22.7 Å². The van der Waals surface area contributed by atoms with Gasteiger partial charge in [-0.25, -0.2) is 0 Å². The van der Waals surface area contributed by atoms with Gasteiger partial charge < -0.3 is 9.80 Å². The first-order valence-corrected chi connectivity index (χ1v) is 29.0. The predicted molar refractivity (Wildman–Crippen MR) is 333 cm³/mol. The molecule has 11 aromatic carbocycles. The Bertz CT molecular complexity index is 3980. The average molecular weight is 1010 g/mol. The van der Waals surface area contributed by atoms with E-state index in [-0.39, 0.29) is 21.9 Å². The molecule has 2 aliphatic carbocycles. The van der Waals surface area contributed by atoms with Crippen molar-refractivity contribution >= 4 is 65.8 Å². The SMILES string of the molecule is Cc1cc2c(cc1-c1ccc3c(-c4cccc5ccccc45)c4cc(-c5cc6c(cc5C)N(c5ccccc5)C5(C)CCCCC65C)ccc4c(-c4cccc5ccccc45)c3c1)C1(C)CCCCC1(C)N2c1ccccc1. The summed E-state index contributed by atoms with van der Waals surface area (Å²) in [5, 5.41) is 10.2. The molecule has 2 fully saturated rings. The highest BCUT2D eigenvalue weighted by atomic mass is 15.3. The summed E-state index contributed by atoms with van der Waals surface area (Å²) >= 11 is 0. The summed E-state index contributed by atoms with van der Waals surface area (Å²) in [6, 6.07) is 79.5. The molecule has 4 unspecified atom stereocenters. The molecule has 0 spiro atoms. The number of anilines is 4. The van der Waals surface area contributed by atoms with E-state index in [9.17, 15) is 0 Å². The monoisotopic (exact) mass is 1010 g/mol. The molecule has 0 aromatic heterocycles.